The van der Waals surface area contributed by atoms with Crippen LogP contribution < -0.4 is 5.32 Å². The fraction of sp³-hybridized carbons (Fsp3) is 0.471. The van der Waals surface area contributed by atoms with Gasteiger partial charge in [-0.15, -0.1) is 11.3 Å². The molecule has 0 saturated carbocycles. The van der Waals surface area contributed by atoms with Crippen LogP contribution in [0.1, 0.15) is 28.1 Å². The van der Waals surface area contributed by atoms with Gasteiger partial charge in [-0.05, 0) is 57.0 Å². The van der Waals surface area contributed by atoms with Gasteiger partial charge in [0.1, 0.15) is 0 Å². The van der Waals surface area contributed by atoms with E-state index >= 15 is 0 Å². The summed E-state index contributed by atoms with van der Waals surface area (Å²) in [6.07, 6.45) is 2.09. The van der Waals surface area contributed by atoms with Crippen molar-refractivity contribution in [3.8, 4) is 0 Å². The molecule has 1 N–H and O–H groups in total. The third-order valence-electron chi connectivity index (χ3n) is 3.66. The Morgan fingerprint density at radius 1 is 1.19 bits per heavy atom. The highest BCUT2D eigenvalue weighted by atomic mass is 35.5. The fourth-order valence-electron chi connectivity index (χ4n) is 2.39. The number of rotatable bonds is 7. The second kappa shape index (κ2) is 7.92. The molecule has 0 radical (unpaired) electrons. The molecule has 21 heavy (non-hydrogen) atoms. The monoisotopic (exact) mass is 322 g/mol. The summed E-state index contributed by atoms with van der Waals surface area (Å²) in [5, 5.41) is 5.52. The Morgan fingerprint density at radius 2 is 1.90 bits per heavy atom. The van der Waals surface area contributed by atoms with Crippen LogP contribution in [-0.2, 0) is 12.8 Å². The van der Waals surface area contributed by atoms with Crippen LogP contribution in [-0.4, -0.2) is 18.1 Å². The van der Waals surface area contributed by atoms with Crippen molar-refractivity contribution in [2.24, 2.45) is 5.92 Å². The zero-order chi connectivity index (χ0) is 15.2. The minimum absolute atomic E-state index is 0.566. The zero-order valence-electron chi connectivity index (χ0n) is 12.9. The number of nitrogens with zero attached hydrogens (tertiary/aromatic N) is 1. The number of nitrogens with one attached hydrogen (secondary N) is 1. The van der Waals surface area contributed by atoms with E-state index in [2.05, 4.69) is 43.2 Å². The number of hydrogen-bond donors (Lipinski definition) is 1. The highest BCUT2D eigenvalue weighted by molar-refractivity contribution is 7.11. The van der Waals surface area contributed by atoms with Gasteiger partial charge in [-0.3, -0.25) is 0 Å². The van der Waals surface area contributed by atoms with E-state index in [-0.39, 0.29) is 0 Å². The second-order valence-electron chi connectivity index (χ2n) is 5.46. The van der Waals surface area contributed by atoms with Gasteiger partial charge in [0, 0.05) is 16.3 Å². The van der Waals surface area contributed by atoms with Crippen LogP contribution in [0.2, 0.25) is 5.02 Å². The molecule has 2 nitrogen and oxygen atoms in total. The second-order valence-corrected chi connectivity index (χ2v) is 7.18. The van der Waals surface area contributed by atoms with Gasteiger partial charge in [-0.1, -0.05) is 30.7 Å². The molecule has 2 rings (SSSR count). The normalized spacial score (nSPS) is 12.6. The average molecular weight is 323 g/mol. The molecule has 0 aliphatic heterocycles. The van der Waals surface area contributed by atoms with E-state index in [0.717, 1.165) is 31.0 Å². The third kappa shape index (κ3) is 5.10. The average Bonchev–Trinajstić information content (AvgIpc) is 2.77. The van der Waals surface area contributed by atoms with Crippen LogP contribution in [0.4, 0.5) is 0 Å². The maximum Gasteiger partial charge on any atom is 0.0934 e. The molecular weight excluding hydrogens is 300 g/mol. The Morgan fingerprint density at radius 3 is 2.48 bits per heavy atom. The first-order chi connectivity index (χ1) is 10.1. The Balaban J connectivity index is 2.04. The topological polar surface area (TPSA) is 24.9 Å². The first-order valence-electron chi connectivity index (χ1n) is 7.46. The summed E-state index contributed by atoms with van der Waals surface area (Å²) >= 11 is 7.79. The van der Waals surface area contributed by atoms with Crippen molar-refractivity contribution in [3.05, 3.63) is 50.4 Å². The van der Waals surface area contributed by atoms with Crippen LogP contribution in [0.3, 0.4) is 0 Å². The number of thiazole rings is 1. The van der Waals surface area contributed by atoms with Gasteiger partial charge < -0.3 is 5.32 Å². The van der Waals surface area contributed by atoms with Gasteiger partial charge in [0.2, 0.25) is 0 Å². The van der Waals surface area contributed by atoms with Gasteiger partial charge in [-0.25, -0.2) is 4.98 Å². The first kappa shape index (κ1) is 16.5. The smallest absolute Gasteiger partial charge is 0.0934 e. The molecule has 0 amide bonds. The number of halogens is 1. The maximum absolute atomic E-state index is 5.96. The summed E-state index contributed by atoms with van der Waals surface area (Å²) in [6.45, 7) is 8.42. The lowest BCUT2D eigenvalue weighted by Gasteiger charge is -2.16. The van der Waals surface area contributed by atoms with Crippen molar-refractivity contribution < 1.29 is 0 Å². The van der Waals surface area contributed by atoms with E-state index in [0.29, 0.717) is 5.92 Å². The Kier molecular flexibility index (Phi) is 6.22. The van der Waals surface area contributed by atoms with Crippen LogP contribution in [0.15, 0.2) is 24.3 Å². The predicted molar refractivity (Wildman–Crippen MR) is 92.5 cm³/mol. The SMILES string of the molecule is CCNCC(Cc1ccc(Cl)cc1)Cc1nc(C)c(C)s1. The van der Waals surface area contributed by atoms with Crippen molar-refractivity contribution in [2.75, 3.05) is 13.1 Å². The summed E-state index contributed by atoms with van der Waals surface area (Å²) in [5.41, 5.74) is 2.51. The molecule has 0 bridgehead atoms. The predicted octanol–water partition coefficient (Wildman–Crippen LogP) is 4.42. The third-order valence-corrected chi connectivity index (χ3v) is 5.00. The zero-order valence-corrected chi connectivity index (χ0v) is 14.5. The fourth-order valence-corrected chi connectivity index (χ4v) is 3.57. The summed E-state index contributed by atoms with van der Waals surface area (Å²) < 4.78 is 0. The Labute approximate surface area is 136 Å². The summed E-state index contributed by atoms with van der Waals surface area (Å²) in [4.78, 5) is 6.02. The lowest BCUT2D eigenvalue weighted by Crippen LogP contribution is -2.25. The molecular formula is C17H23ClN2S. The van der Waals surface area contributed by atoms with E-state index in [1.54, 1.807) is 0 Å². The van der Waals surface area contributed by atoms with Crippen molar-refractivity contribution in [3.63, 3.8) is 0 Å². The molecule has 0 aliphatic rings. The van der Waals surface area contributed by atoms with Crippen LogP contribution in [0, 0.1) is 19.8 Å². The minimum Gasteiger partial charge on any atom is -0.317 e. The number of hydrogen-bond acceptors (Lipinski definition) is 3. The van der Waals surface area contributed by atoms with E-state index in [9.17, 15) is 0 Å². The van der Waals surface area contributed by atoms with Crippen molar-refractivity contribution >= 4 is 22.9 Å². The Bertz CT molecular complexity index is 543. The summed E-state index contributed by atoms with van der Waals surface area (Å²) in [5.74, 6) is 0.566. The molecule has 0 aliphatic carbocycles. The standard InChI is InChI=1S/C17H23ClN2S/c1-4-19-11-15(9-14-5-7-16(18)8-6-14)10-17-20-12(2)13(3)21-17/h5-8,15,19H,4,9-11H2,1-3H3. The molecule has 4 heteroatoms. The van der Waals surface area contributed by atoms with E-state index < -0.39 is 0 Å². The van der Waals surface area contributed by atoms with Crippen molar-refractivity contribution in [1.29, 1.82) is 0 Å². The molecule has 1 heterocycles. The van der Waals surface area contributed by atoms with Crippen LogP contribution in [0.25, 0.3) is 0 Å². The van der Waals surface area contributed by atoms with Crippen LogP contribution >= 0.6 is 22.9 Å². The molecule has 0 saturated heterocycles. The lowest BCUT2D eigenvalue weighted by molar-refractivity contribution is 0.477. The highest BCUT2D eigenvalue weighted by Crippen LogP contribution is 2.22. The van der Waals surface area contributed by atoms with Gasteiger partial charge in [0.15, 0.2) is 0 Å². The number of aryl methyl sites for hydroxylation is 2. The van der Waals surface area contributed by atoms with Crippen molar-refractivity contribution in [2.45, 2.75) is 33.6 Å². The molecule has 1 aromatic heterocycles. The number of benzene rings is 1. The van der Waals surface area contributed by atoms with Gasteiger partial charge in [0.25, 0.3) is 0 Å². The molecule has 0 spiro atoms. The van der Waals surface area contributed by atoms with E-state index in [1.807, 2.05) is 23.5 Å². The van der Waals surface area contributed by atoms with E-state index in [1.165, 1.54) is 21.1 Å². The Hall–Kier alpha value is -0.900. The minimum atomic E-state index is 0.566. The number of aromatic nitrogens is 1. The van der Waals surface area contributed by atoms with Gasteiger partial charge in [0.05, 0.1) is 10.7 Å². The van der Waals surface area contributed by atoms with Crippen LogP contribution in [0.5, 0.6) is 0 Å². The van der Waals surface area contributed by atoms with Crippen molar-refractivity contribution in [1.82, 2.24) is 10.3 Å². The summed E-state index contributed by atoms with van der Waals surface area (Å²) in [6, 6.07) is 8.19. The first-order valence-corrected chi connectivity index (χ1v) is 8.66. The molecule has 1 atom stereocenters. The highest BCUT2D eigenvalue weighted by Gasteiger charge is 2.14. The lowest BCUT2D eigenvalue weighted by atomic mass is 9.96. The van der Waals surface area contributed by atoms with E-state index in [4.69, 9.17) is 11.6 Å². The van der Waals surface area contributed by atoms with Gasteiger partial charge in [-0.2, -0.15) is 0 Å². The molecule has 114 valence electrons. The summed E-state index contributed by atoms with van der Waals surface area (Å²) in [7, 11) is 0. The largest absolute Gasteiger partial charge is 0.317 e. The molecule has 2 aromatic rings. The van der Waals surface area contributed by atoms with Gasteiger partial charge >= 0.3 is 0 Å². The molecule has 0 fully saturated rings. The molecule has 1 unspecified atom stereocenters. The molecule has 1 aromatic carbocycles. The maximum atomic E-state index is 5.96. The quantitative estimate of drug-likeness (QED) is 0.816.